The van der Waals surface area contributed by atoms with Crippen LogP contribution in [0.15, 0.2) is 0 Å². The quantitative estimate of drug-likeness (QED) is 0.502. The molecule has 0 saturated carbocycles. The molecule has 0 radical (unpaired) electrons. The maximum atomic E-state index is 8.14. The minimum Gasteiger partial charge on any atom is -0.397 e. The van der Waals surface area contributed by atoms with Crippen LogP contribution in [0.2, 0.25) is 0 Å². The number of hydrogen-bond donors (Lipinski definition) is 5. The Kier molecular flexibility index (Phi) is 59.4. The molecular formula is C14H38O5. The van der Waals surface area contributed by atoms with Gasteiger partial charge in [-0.2, -0.15) is 0 Å². The standard InChI is InChI=1S/C4H10O.2C3H8O.2C2H6O/c1-4(2)3-5;2*1-3(2)4;2*1-2-3/h4-5H,3H2,1-2H3;2*3-4H,1-2H3;2*3H,2H2,1H3. The monoisotopic (exact) mass is 286 g/mol. The maximum Gasteiger partial charge on any atom is 0.0483 e. The zero-order valence-electron chi connectivity index (χ0n) is 14.1. The second kappa shape index (κ2) is 36.1. The van der Waals surface area contributed by atoms with E-state index >= 15 is 0 Å². The van der Waals surface area contributed by atoms with Crippen molar-refractivity contribution < 1.29 is 25.5 Å². The summed E-state index contributed by atoms with van der Waals surface area (Å²) in [6.45, 7) is 15.0. The van der Waals surface area contributed by atoms with Gasteiger partial charge in [-0.05, 0) is 47.5 Å². The Hall–Kier alpha value is -0.200. The van der Waals surface area contributed by atoms with Crippen LogP contribution in [0, 0.1) is 5.92 Å². The Morgan fingerprint density at radius 1 is 0.632 bits per heavy atom. The lowest BCUT2D eigenvalue weighted by Crippen LogP contribution is -1.90. The topological polar surface area (TPSA) is 101 Å². The molecule has 5 N–H and O–H groups in total. The SMILES string of the molecule is CC(C)CO.CC(C)O.CC(C)O.CCO.CCO. The molecule has 0 amide bonds. The van der Waals surface area contributed by atoms with Crippen molar-refractivity contribution in [2.75, 3.05) is 19.8 Å². The summed E-state index contributed by atoms with van der Waals surface area (Å²) in [4.78, 5) is 0. The third-order valence-corrected chi connectivity index (χ3v) is 0.365. The van der Waals surface area contributed by atoms with Gasteiger partial charge >= 0.3 is 0 Å². The van der Waals surface area contributed by atoms with Gasteiger partial charge in [0, 0.05) is 32.0 Å². The molecule has 0 heterocycles. The minimum absolute atomic E-state index is 0.167. The molecule has 0 spiro atoms. The first kappa shape index (κ1) is 31.3. The van der Waals surface area contributed by atoms with Crippen LogP contribution in [0.3, 0.4) is 0 Å². The van der Waals surface area contributed by atoms with Crippen LogP contribution in [0.5, 0.6) is 0 Å². The Balaban J connectivity index is -0.0000000437. The molecule has 0 fully saturated rings. The predicted molar refractivity (Wildman–Crippen MR) is 82.2 cm³/mol. The van der Waals surface area contributed by atoms with Gasteiger partial charge in [0.2, 0.25) is 0 Å². The second-order valence-corrected chi connectivity index (χ2v) is 4.40. The summed E-state index contributed by atoms with van der Waals surface area (Å²) in [5, 5.41) is 39.4. The van der Waals surface area contributed by atoms with Gasteiger partial charge in [-0.1, -0.05) is 13.8 Å². The summed E-state index contributed by atoms with van der Waals surface area (Å²) in [7, 11) is 0. The van der Waals surface area contributed by atoms with E-state index in [0.717, 1.165) is 0 Å². The lowest BCUT2D eigenvalue weighted by Gasteiger charge is -1.90. The van der Waals surface area contributed by atoms with E-state index in [1.807, 2.05) is 13.8 Å². The number of hydrogen-bond acceptors (Lipinski definition) is 5. The van der Waals surface area contributed by atoms with Gasteiger partial charge in [0.25, 0.3) is 0 Å². The molecule has 0 aliphatic rings. The van der Waals surface area contributed by atoms with Gasteiger partial charge in [0.15, 0.2) is 0 Å². The van der Waals surface area contributed by atoms with Crippen molar-refractivity contribution in [2.45, 2.75) is 67.6 Å². The Morgan fingerprint density at radius 2 is 0.684 bits per heavy atom. The third kappa shape index (κ3) is 1370. The molecule has 0 saturated heterocycles. The molecule has 5 heteroatoms. The van der Waals surface area contributed by atoms with Crippen LogP contribution in [0.25, 0.3) is 0 Å². The van der Waals surface area contributed by atoms with Crippen molar-refractivity contribution >= 4 is 0 Å². The molecule has 0 atom stereocenters. The van der Waals surface area contributed by atoms with E-state index in [4.69, 9.17) is 25.5 Å². The fraction of sp³-hybridized carbons (Fsp3) is 1.00. The second-order valence-electron chi connectivity index (χ2n) is 4.40. The maximum absolute atomic E-state index is 8.14. The molecule has 0 aromatic heterocycles. The number of rotatable bonds is 1. The average molecular weight is 286 g/mol. The van der Waals surface area contributed by atoms with E-state index in [1.54, 1.807) is 41.5 Å². The van der Waals surface area contributed by atoms with Gasteiger partial charge in [-0.3, -0.25) is 0 Å². The molecule has 0 aromatic rings. The van der Waals surface area contributed by atoms with Gasteiger partial charge in [-0.25, -0.2) is 0 Å². The highest BCUT2D eigenvalue weighted by Crippen LogP contribution is 1.83. The summed E-state index contributed by atoms with van der Waals surface area (Å²) in [6, 6.07) is 0. The highest BCUT2D eigenvalue weighted by Gasteiger charge is 1.81. The van der Waals surface area contributed by atoms with Crippen molar-refractivity contribution in [3.8, 4) is 0 Å². The Bertz CT molecular complexity index is 82.3. The lowest BCUT2D eigenvalue weighted by molar-refractivity contribution is 0.215. The van der Waals surface area contributed by atoms with Crippen LogP contribution < -0.4 is 0 Å². The first-order chi connectivity index (χ1) is 8.56. The summed E-state index contributed by atoms with van der Waals surface area (Å²) in [5.74, 6) is 0.440. The molecule has 5 nitrogen and oxygen atoms in total. The molecule has 0 aromatic carbocycles. The smallest absolute Gasteiger partial charge is 0.0483 e. The highest BCUT2D eigenvalue weighted by atomic mass is 16.3. The first-order valence-corrected chi connectivity index (χ1v) is 6.75. The molecular weight excluding hydrogens is 248 g/mol. The van der Waals surface area contributed by atoms with Crippen molar-refractivity contribution in [3.63, 3.8) is 0 Å². The highest BCUT2D eigenvalue weighted by molar-refractivity contribution is 4.32. The van der Waals surface area contributed by atoms with Gasteiger partial charge < -0.3 is 25.5 Å². The van der Waals surface area contributed by atoms with E-state index in [1.165, 1.54) is 0 Å². The van der Waals surface area contributed by atoms with Crippen molar-refractivity contribution in [2.24, 2.45) is 5.92 Å². The molecule has 0 bridgehead atoms. The van der Waals surface area contributed by atoms with Gasteiger partial charge in [0.1, 0.15) is 0 Å². The zero-order valence-corrected chi connectivity index (χ0v) is 14.1. The number of aliphatic hydroxyl groups excluding tert-OH is 5. The summed E-state index contributed by atoms with van der Waals surface area (Å²) in [5.41, 5.74) is 0. The van der Waals surface area contributed by atoms with E-state index in [-0.39, 0.29) is 25.4 Å². The Morgan fingerprint density at radius 3 is 0.684 bits per heavy atom. The van der Waals surface area contributed by atoms with Crippen molar-refractivity contribution in [1.82, 2.24) is 0 Å². The van der Waals surface area contributed by atoms with Crippen LogP contribution in [0.4, 0.5) is 0 Å². The van der Waals surface area contributed by atoms with E-state index < -0.39 is 0 Å². The predicted octanol–water partition coefficient (Wildman–Crippen LogP) is 1.41. The normalized spacial score (nSPS) is 8.21. The van der Waals surface area contributed by atoms with E-state index in [0.29, 0.717) is 12.5 Å². The lowest BCUT2D eigenvalue weighted by atomic mass is 10.2. The summed E-state index contributed by atoms with van der Waals surface area (Å²) in [6.07, 6.45) is -0.333. The van der Waals surface area contributed by atoms with Crippen LogP contribution in [0.1, 0.15) is 55.4 Å². The van der Waals surface area contributed by atoms with Gasteiger partial charge in [0.05, 0.1) is 0 Å². The molecule has 0 unspecified atom stereocenters. The Labute approximate surface area is 119 Å². The average Bonchev–Trinajstić information content (AvgIpc) is 2.18. The molecule has 0 aliphatic carbocycles. The third-order valence-electron chi connectivity index (χ3n) is 0.365. The van der Waals surface area contributed by atoms with E-state index in [9.17, 15) is 0 Å². The zero-order chi connectivity index (χ0) is 16.9. The van der Waals surface area contributed by atoms with Crippen LogP contribution >= 0.6 is 0 Å². The fourth-order valence-corrected chi connectivity index (χ4v) is 0. The molecule has 19 heavy (non-hydrogen) atoms. The summed E-state index contributed by atoms with van der Waals surface area (Å²) >= 11 is 0. The molecule has 124 valence electrons. The summed E-state index contributed by atoms with van der Waals surface area (Å²) < 4.78 is 0. The van der Waals surface area contributed by atoms with E-state index in [2.05, 4.69) is 0 Å². The van der Waals surface area contributed by atoms with Crippen molar-refractivity contribution in [1.29, 1.82) is 0 Å². The number of aliphatic hydroxyl groups is 5. The fourth-order valence-electron chi connectivity index (χ4n) is 0. The largest absolute Gasteiger partial charge is 0.397 e. The molecule has 0 rings (SSSR count). The molecule has 0 aliphatic heterocycles. The van der Waals surface area contributed by atoms with Gasteiger partial charge in [-0.15, -0.1) is 0 Å². The minimum atomic E-state index is -0.167. The van der Waals surface area contributed by atoms with Crippen LogP contribution in [-0.4, -0.2) is 57.6 Å². The van der Waals surface area contributed by atoms with Crippen molar-refractivity contribution in [3.05, 3.63) is 0 Å². The van der Waals surface area contributed by atoms with Crippen LogP contribution in [-0.2, 0) is 0 Å². The first-order valence-electron chi connectivity index (χ1n) is 6.75.